The highest BCUT2D eigenvalue weighted by atomic mass is 35.5. The Balaban J connectivity index is 2.37. The number of hydrogen-bond donors (Lipinski definition) is 1. The number of benzene rings is 2. The zero-order valence-corrected chi connectivity index (χ0v) is 11.3. The lowest BCUT2D eigenvalue weighted by Gasteiger charge is -2.08. The van der Waals surface area contributed by atoms with E-state index in [1.165, 1.54) is 24.8 Å². The first-order valence-electron chi connectivity index (χ1n) is 5.34. The van der Waals surface area contributed by atoms with Gasteiger partial charge in [0.2, 0.25) is 0 Å². The van der Waals surface area contributed by atoms with Gasteiger partial charge in [0.05, 0.1) is 5.56 Å². The average Bonchev–Trinajstić information content (AvgIpc) is 2.32. The zero-order valence-electron chi connectivity index (χ0n) is 9.68. The Morgan fingerprint density at radius 2 is 1.83 bits per heavy atom. The summed E-state index contributed by atoms with van der Waals surface area (Å²) in [6, 6.07) is 12.4. The summed E-state index contributed by atoms with van der Waals surface area (Å²) in [5, 5.41) is 10.4. The third-order valence-electron chi connectivity index (χ3n) is 2.40. The number of carbonyl (C=O) groups excluding carboxylic acids is 1. The van der Waals surface area contributed by atoms with Gasteiger partial charge in [0.25, 0.3) is 0 Å². The van der Waals surface area contributed by atoms with E-state index in [9.17, 15) is 9.90 Å². The number of halogens is 1. The van der Waals surface area contributed by atoms with Crippen LogP contribution in [0.2, 0.25) is 5.02 Å². The van der Waals surface area contributed by atoms with E-state index in [1.807, 2.05) is 18.2 Å². The summed E-state index contributed by atoms with van der Waals surface area (Å²) in [5.41, 5.74) is 0.359. The normalized spacial score (nSPS) is 10.3. The first-order chi connectivity index (χ1) is 8.58. The fourth-order valence-corrected chi connectivity index (χ4v) is 2.74. The molecule has 0 aliphatic carbocycles. The smallest absolute Gasteiger partial charge is 0.164 e. The summed E-state index contributed by atoms with van der Waals surface area (Å²) in [6.45, 7) is 1.45. The molecule has 4 heteroatoms. The lowest BCUT2D eigenvalue weighted by Crippen LogP contribution is -1.95. The molecule has 2 nitrogen and oxygen atoms in total. The summed E-state index contributed by atoms with van der Waals surface area (Å²) in [5.74, 6) is -0.133. The highest BCUT2D eigenvalue weighted by Gasteiger charge is 2.13. The number of phenols is 1. The minimum Gasteiger partial charge on any atom is -0.507 e. The topological polar surface area (TPSA) is 37.3 Å². The van der Waals surface area contributed by atoms with Gasteiger partial charge in [-0.1, -0.05) is 29.4 Å². The molecule has 0 heterocycles. The van der Waals surface area contributed by atoms with Crippen molar-refractivity contribution in [3.05, 3.63) is 53.1 Å². The Bertz CT molecular complexity index is 579. The molecule has 0 unspecified atom stereocenters. The number of aromatic hydroxyl groups is 1. The second-order valence-corrected chi connectivity index (χ2v) is 5.31. The van der Waals surface area contributed by atoms with Crippen LogP contribution in [0.25, 0.3) is 0 Å². The fraction of sp³-hybridized carbons (Fsp3) is 0.0714. The SMILES string of the molecule is CC(=O)c1c(O)cccc1Sc1ccc(Cl)cc1. The molecule has 0 saturated carbocycles. The van der Waals surface area contributed by atoms with Gasteiger partial charge in [0, 0.05) is 14.8 Å². The molecule has 0 atom stereocenters. The van der Waals surface area contributed by atoms with Crippen LogP contribution in [0.5, 0.6) is 5.75 Å². The van der Waals surface area contributed by atoms with Crippen molar-refractivity contribution in [1.29, 1.82) is 0 Å². The minimum atomic E-state index is -0.149. The molecular weight excluding hydrogens is 268 g/mol. The first kappa shape index (κ1) is 13.0. The van der Waals surface area contributed by atoms with Crippen LogP contribution in [0, 0.1) is 0 Å². The molecule has 0 aliphatic rings. The zero-order chi connectivity index (χ0) is 13.1. The summed E-state index contributed by atoms with van der Waals surface area (Å²) in [6.07, 6.45) is 0. The van der Waals surface area contributed by atoms with Gasteiger partial charge in [-0.15, -0.1) is 0 Å². The molecule has 2 rings (SSSR count). The molecule has 0 spiro atoms. The Morgan fingerprint density at radius 1 is 1.17 bits per heavy atom. The molecule has 2 aromatic carbocycles. The number of ketones is 1. The number of phenolic OH excluding ortho intramolecular Hbond substituents is 1. The predicted octanol–water partition coefficient (Wildman–Crippen LogP) is 4.40. The summed E-state index contributed by atoms with van der Waals surface area (Å²) < 4.78 is 0. The van der Waals surface area contributed by atoms with E-state index in [0.29, 0.717) is 10.6 Å². The number of hydrogen-bond acceptors (Lipinski definition) is 3. The molecule has 0 radical (unpaired) electrons. The molecule has 0 aliphatic heterocycles. The van der Waals surface area contributed by atoms with Crippen molar-refractivity contribution in [1.82, 2.24) is 0 Å². The second kappa shape index (κ2) is 5.46. The van der Waals surface area contributed by atoms with Crippen molar-refractivity contribution in [3.63, 3.8) is 0 Å². The number of rotatable bonds is 3. The maximum atomic E-state index is 11.5. The lowest BCUT2D eigenvalue weighted by molar-refractivity contribution is 0.101. The monoisotopic (exact) mass is 278 g/mol. The summed E-state index contributed by atoms with van der Waals surface area (Å²) >= 11 is 7.24. The van der Waals surface area contributed by atoms with Crippen molar-refractivity contribution in [2.24, 2.45) is 0 Å². The number of Topliss-reactive ketones (excluding diaryl/α,β-unsaturated/α-hetero) is 1. The van der Waals surface area contributed by atoms with Crippen LogP contribution in [-0.4, -0.2) is 10.9 Å². The maximum Gasteiger partial charge on any atom is 0.164 e. The van der Waals surface area contributed by atoms with Crippen LogP contribution in [0.3, 0.4) is 0 Å². The van der Waals surface area contributed by atoms with Gasteiger partial charge < -0.3 is 5.11 Å². The van der Waals surface area contributed by atoms with Crippen molar-refractivity contribution in [2.45, 2.75) is 16.7 Å². The standard InChI is InChI=1S/C14H11ClO2S/c1-9(16)14-12(17)3-2-4-13(14)18-11-7-5-10(15)6-8-11/h2-8,17H,1H3. The van der Waals surface area contributed by atoms with E-state index in [-0.39, 0.29) is 11.5 Å². The van der Waals surface area contributed by atoms with E-state index < -0.39 is 0 Å². The number of carbonyl (C=O) groups is 1. The highest BCUT2D eigenvalue weighted by molar-refractivity contribution is 7.99. The van der Waals surface area contributed by atoms with Gasteiger partial charge in [0.1, 0.15) is 5.75 Å². The lowest BCUT2D eigenvalue weighted by atomic mass is 10.1. The van der Waals surface area contributed by atoms with Gasteiger partial charge in [-0.05, 0) is 43.3 Å². The molecule has 2 aromatic rings. The van der Waals surface area contributed by atoms with Gasteiger partial charge in [-0.2, -0.15) is 0 Å². The Hall–Kier alpha value is -1.45. The third kappa shape index (κ3) is 2.86. The largest absolute Gasteiger partial charge is 0.507 e. The van der Waals surface area contributed by atoms with Gasteiger partial charge in [-0.25, -0.2) is 0 Å². The molecule has 0 amide bonds. The molecule has 0 aromatic heterocycles. The average molecular weight is 279 g/mol. The molecule has 0 saturated heterocycles. The van der Waals surface area contributed by atoms with Crippen LogP contribution in [0.1, 0.15) is 17.3 Å². The second-order valence-electron chi connectivity index (χ2n) is 3.76. The Kier molecular flexibility index (Phi) is 3.94. The van der Waals surface area contributed by atoms with Crippen molar-refractivity contribution in [3.8, 4) is 5.75 Å². The highest BCUT2D eigenvalue weighted by Crippen LogP contribution is 2.35. The summed E-state index contributed by atoms with van der Waals surface area (Å²) in [7, 11) is 0. The van der Waals surface area contributed by atoms with Gasteiger partial charge >= 0.3 is 0 Å². The van der Waals surface area contributed by atoms with Crippen LogP contribution in [-0.2, 0) is 0 Å². The van der Waals surface area contributed by atoms with E-state index in [2.05, 4.69) is 0 Å². The minimum absolute atomic E-state index is 0.0152. The third-order valence-corrected chi connectivity index (χ3v) is 3.72. The quantitative estimate of drug-likeness (QED) is 0.846. The molecular formula is C14H11ClO2S. The molecule has 92 valence electrons. The molecule has 0 bridgehead atoms. The van der Waals surface area contributed by atoms with Crippen LogP contribution in [0.4, 0.5) is 0 Å². The Labute approximate surface area is 115 Å². The first-order valence-corrected chi connectivity index (χ1v) is 6.53. The van der Waals surface area contributed by atoms with Crippen LogP contribution >= 0.6 is 23.4 Å². The predicted molar refractivity (Wildman–Crippen MR) is 73.7 cm³/mol. The van der Waals surface area contributed by atoms with Crippen LogP contribution in [0.15, 0.2) is 52.3 Å². The van der Waals surface area contributed by atoms with E-state index in [0.717, 1.165) is 9.79 Å². The molecule has 1 N–H and O–H groups in total. The van der Waals surface area contributed by atoms with E-state index in [4.69, 9.17) is 11.6 Å². The van der Waals surface area contributed by atoms with Crippen molar-refractivity contribution in [2.75, 3.05) is 0 Å². The van der Waals surface area contributed by atoms with Gasteiger partial charge in [-0.3, -0.25) is 4.79 Å². The Morgan fingerprint density at radius 3 is 2.44 bits per heavy atom. The maximum absolute atomic E-state index is 11.5. The molecule has 18 heavy (non-hydrogen) atoms. The van der Waals surface area contributed by atoms with E-state index in [1.54, 1.807) is 18.2 Å². The van der Waals surface area contributed by atoms with E-state index >= 15 is 0 Å². The van der Waals surface area contributed by atoms with Crippen molar-refractivity contribution < 1.29 is 9.90 Å². The van der Waals surface area contributed by atoms with Crippen LogP contribution < -0.4 is 0 Å². The fourth-order valence-electron chi connectivity index (χ4n) is 1.59. The van der Waals surface area contributed by atoms with Gasteiger partial charge in [0.15, 0.2) is 5.78 Å². The molecule has 0 fully saturated rings. The summed E-state index contributed by atoms with van der Waals surface area (Å²) in [4.78, 5) is 13.2. The van der Waals surface area contributed by atoms with Crippen molar-refractivity contribution >= 4 is 29.1 Å².